The third-order valence-corrected chi connectivity index (χ3v) is 6.25. The Bertz CT molecular complexity index is 467. The first-order valence-electron chi connectivity index (χ1n) is 9.34. The second-order valence-electron chi connectivity index (χ2n) is 7.42. The van der Waals surface area contributed by atoms with E-state index in [9.17, 15) is 25.2 Å². The molecule has 2 aliphatic rings. The molecule has 1 amide bonds. The van der Waals surface area contributed by atoms with Crippen LogP contribution in [-0.2, 0) is 9.53 Å². The Kier molecular flexibility index (Phi) is 8.14. The van der Waals surface area contributed by atoms with Gasteiger partial charge in [0.25, 0.3) is 5.91 Å². The Morgan fingerprint density at radius 1 is 1.31 bits per heavy atom. The number of aliphatic hydroxyl groups is 4. The van der Waals surface area contributed by atoms with Gasteiger partial charge in [-0.05, 0) is 19.6 Å². The van der Waals surface area contributed by atoms with Crippen molar-refractivity contribution < 1.29 is 35.3 Å². The summed E-state index contributed by atoms with van der Waals surface area (Å²) in [6.45, 7) is 4.54. The predicted octanol–water partition coefficient (Wildman–Crippen LogP) is -2.23. The second kappa shape index (κ2) is 9.68. The summed E-state index contributed by atoms with van der Waals surface area (Å²) in [5, 5.41) is 45.3. The van der Waals surface area contributed by atoms with E-state index >= 15 is 0 Å². The number of ether oxygens (including phenoxy) is 1. The monoisotopic (exact) mass is 393 g/mol. The number of hydrogen-bond acceptors (Lipinski definition) is 7. The molecule has 7 N–H and O–H groups in total. The summed E-state index contributed by atoms with van der Waals surface area (Å²) >= 11 is 1.20. The normalized spacial score (nSPS) is 40.2. The lowest BCUT2D eigenvalue weighted by Gasteiger charge is -2.43. The molecule has 8 nitrogen and oxygen atoms in total. The summed E-state index contributed by atoms with van der Waals surface area (Å²) < 4.78 is 5.70. The summed E-state index contributed by atoms with van der Waals surface area (Å²) in [5.74, 6) is 0.307. The van der Waals surface area contributed by atoms with Gasteiger partial charge in [0, 0.05) is 12.3 Å². The molecule has 0 aliphatic carbocycles. The number of rotatable bonds is 7. The first-order valence-corrected chi connectivity index (χ1v) is 10.6. The molecular weight excluding hydrogens is 360 g/mol. The number of thioether (sulfide) groups is 1. The van der Waals surface area contributed by atoms with Gasteiger partial charge in [0.1, 0.15) is 29.9 Å². The van der Waals surface area contributed by atoms with E-state index in [4.69, 9.17) is 4.74 Å². The largest absolute Gasteiger partial charge is 0.391 e. The Balaban J connectivity index is 2.05. The number of amides is 1. The van der Waals surface area contributed by atoms with Crippen LogP contribution in [0.5, 0.6) is 0 Å². The van der Waals surface area contributed by atoms with Gasteiger partial charge in [-0.3, -0.25) is 4.79 Å². The van der Waals surface area contributed by atoms with Gasteiger partial charge in [-0.1, -0.05) is 13.3 Å². The third kappa shape index (κ3) is 4.89. The Morgan fingerprint density at radius 2 is 2.00 bits per heavy atom. The molecule has 2 fully saturated rings. The highest BCUT2D eigenvalue weighted by Gasteiger charge is 2.48. The van der Waals surface area contributed by atoms with Gasteiger partial charge in [0.05, 0.1) is 18.7 Å². The summed E-state index contributed by atoms with van der Waals surface area (Å²) in [7, 11) is 0. The van der Waals surface area contributed by atoms with Gasteiger partial charge in [0.15, 0.2) is 6.04 Å². The van der Waals surface area contributed by atoms with Crippen LogP contribution in [0, 0.1) is 5.92 Å². The molecule has 2 heterocycles. The molecule has 2 saturated heterocycles. The van der Waals surface area contributed by atoms with E-state index in [0.29, 0.717) is 5.92 Å². The zero-order valence-electron chi connectivity index (χ0n) is 15.6. The van der Waals surface area contributed by atoms with Crippen LogP contribution >= 0.6 is 11.8 Å². The average Bonchev–Trinajstić information content (AvgIpc) is 3.07. The van der Waals surface area contributed by atoms with Crippen LogP contribution in [0.3, 0.4) is 0 Å². The van der Waals surface area contributed by atoms with E-state index in [2.05, 4.69) is 12.2 Å². The molecule has 0 spiro atoms. The molecule has 0 aromatic rings. The van der Waals surface area contributed by atoms with Gasteiger partial charge >= 0.3 is 0 Å². The molecule has 0 aromatic carbocycles. The molecule has 2 aliphatic heterocycles. The highest BCUT2D eigenvalue weighted by atomic mass is 32.2. The van der Waals surface area contributed by atoms with E-state index < -0.39 is 42.0 Å². The molecule has 0 saturated carbocycles. The first kappa shape index (κ1) is 21.9. The Hall–Kier alpha value is -0.420. The number of hydrogen-bond donors (Lipinski definition) is 6. The number of nitrogens with one attached hydrogen (secondary N) is 1. The van der Waals surface area contributed by atoms with Crippen molar-refractivity contribution in [3.63, 3.8) is 0 Å². The summed E-state index contributed by atoms with van der Waals surface area (Å²) in [6.07, 6.45) is -1.38. The van der Waals surface area contributed by atoms with Crippen molar-refractivity contribution in [3.8, 4) is 0 Å². The van der Waals surface area contributed by atoms with Crippen molar-refractivity contribution in [1.29, 1.82) is 0 Å². The van der Waals surface area contributed by atoms with Crippen molar-refractivity contribution in [2.24, 2.45) is 5.92 Å². The number of nitrogens with two attached hydrogens (primary N) is 1. The Morgan fingerprint density at radius 3 is 2.58 bits per heavy atom. The van der Waals surface area contributed by atoms with Crippen LogP contribution in [-0.4, -0.2) is 87.2 Å². The first-order chi connectivity index (χ1) is 12.3. The van der Waals surface area contributed by atoms with Gasteiger partial charge in [0.2, 0.25) is 0 Å². The van der Waals surface area contributed by atoms with Crippen LogP contribution in [0.2, 0.25) is 0 Å². The van der Waals surface area contributed by atoms with Gasteiger partial charge in [-0.15, -0.1) is 11.8 Å². The van der Waals surface area contributed by atoms with Gasteiger partial charge in [-0.2, -0.15) is 0 Å². The standard InChI is InChI=1S/C17H32N2O6S/c1-4-5-9-6-10(18-7-9)16(24)19-11(8(2)20)15-13(22)12(21)14(23)17(25-15)26-3/h8-15,17-18,20-23H,4-7H2,1-3H3,(H,19,24)/p+1/t8-,9-,10+,11-,12+,13-,14-,15-,17-/m1/s1. The fourth-order valence-corrected chi connectivity index (χ4v) is 4.56. The fraction of sp³-hybridized carbons (Fsp3) is 0.941. The molecule has 0 unspecified atom stereocenters. The van der Waals surface area contributed by atoms with E-state index in [1.165, 1.54) is 18.7 Å². The van der Waals surface area contributed by atoms with Gasteiger partial charge in [-0.25, -0.2) is 0 Å². The van der Waals surface area contributed by atoms with Crippen molar-refractivity contribution in [1.82, 2.24) is 5.32 Å². The molecule has 0 aromatic heterocycles. The summed E-state index contributed by atoms with van der Waals surface area (Å²) in [5.41, 5.74) is -0.747. The average molecular weight is 394 g/mol. The smallest absolute Gasteiger partial charge is 0.278 e. The number of aliphatic hydroxyl groups excluding tert-OH is 4. The molecular formula is C17H33N2O6S+. The lowest BCUT2D eigenvalue weighted by atomic mass is 9.92. The molecule has 2 rings (SSSR count). The highest BCUT2D eigenvalue weighted by Crippen LogP contribution is 2.29. The maximum atomic E-state index is 12.6. The van der Waals surface area contributed by atoms with Crippen molar-refractivity contribution >= 4 is 17.7 Å². The second-order valence-corrected chi connectivity index (χ2v) is 8.36. The predicted molar refractivity (Wildman–Crippen MR) is 97.4 cm³/mol. The van der Waals surface area contributed by atoms with E-state index in [0.717, 1.165) is 25.8 Å². The minimum Gasteiger partial charge on any atom is -0.391 e. The third-order valence-electron chi connectivity index (χ3n) is 5.40. The van der Waals surface area contributed by atoms with Crippen LogP contribution in [0.4, 0.5) is 0 Å². The van der Waals surface area contributed by atoms with Crippen LogP contribution in [0.25, 0.3) is 0 Å². The van der Waals surface area contributed by atoms with Crippen LogP contribution < -0.4 is 10.6 Å². The van der Waals surface area contributed by atoms with Crippen LogP contribution in [0.1, 0.15) is 33.1 Å². The quantitative estimate of drug-likeness (QED) is 0.288. The number of carbonyl (C=O) groups excluding carboxylic acids is 1. The molecule has 0 bridgehead atoms. The highest BCUT2D eigenvalue weighted by molar-refractivity contribution is 7.99. The summed E-state index contributed by atoms with van der Waals surface area (Å²) in [6, 6.07) is -1.10. The lowest BCUT2D eigenvalue weighted by molar-refractivity contribution is -0.659. The Labute approximate surface area is 158 Å². The molecule has 0 radical (unpaired) electrons. The van der Waals surface area contributed by atoms with E-state index in [1.807, 2.05) is 5.32 Å². The zero-order chi connectivity index (χ0) is 19.4. The molecule has 9 heteroatoms. The number of carbonyl (C=O) groups is 1. The van der Waals surface area contributed by atoms with E-state index in [-0.39, 0.29) is 11.9 Å². The molecule has 9 atom stereocenters. The SMILES string of the molecule is CCC[C@H]1C[NH2+][C@H](C(=O)N[C@@H]([C@H]2O[C@H](SC)[C@H](O)[C@@H](O)[C@H]2O)[C@@H](C)O)C1. The number of quaternary nitrogens is 1. The van der Waals surface area contributed by atoms with Crippen molar-refractivity contribution in [2.45, 2.75) is 81.1 Å². The topological polar surface area (TPSA) is 136 Å². The minimum absolute atomic E-state index is 0.202. The van der Waals surface area contributed by atoms with Crippen molar-refractivity contribution in [3.05, 3.63) is 0 Å². The zero-order valence-corrected chi connectivity index (χ0v) is 16.4. The fourth-order valence-electron chi connectivity index (χ4n) is 3.88. The van der Waals surface area contributed by atoms with Crippen molar-refractivity contribution in [2.75, 3.05) is 12.8 Å². The van der Waals surface area contributed by atoms with Gasteiger partial charge < -0.3 is 35.8 Å². The molecule has 26 heavy (non-hydrogen) atoms. The van der Waals surface area contributed by atoms with Crippen LogP contribution in [0.15, 0.2) is 0 Å². The van der Waals surface area contributed by atoms with E-state index in [1.54, 1.807) is 6.26 Å². The lowest BCUT2D eigenvalue weighted by Crippen LogP contribution is -2.90. The maximum Gasteiger partial charge on any atom is 0.278 e. The minimum atomic E-state index is -1.41. The summed E-state index contributed by atoms with van der Waals surface area (Å²) in [4.78, 5) is 12.6. The molecule has 152 valence electrons. The maximum absolute atomic E-state index is 12.6.